The molecule has 0 aliphatic rings. The smallest absolute Gasteiger partial charge is 0.306 e. The van der Waals surface area contributed by atoms with E-state index in [9.17, 15) is 14.4 Å². The number of ether oxygens (including phenoxy) is 3. The van der Waals surface area contributed by atoms with Crippen LogP contribution in [0.1, 0.15) is 252 Å². The second kappa shape index (κ2) is 54.9. The Bertz CT molecular complexity index is 1350. The van der Waals surface area contributed by atoms with E-state index in [1.165, 1.54) is 103 Å². The first-order valence-corrected chi connectivity index (χ1v) is 27.7. The molecule has 0 aliphatic carbocycles. The fourth-order valence-electron chi connectivity index (χ4n) is 7.43. The fraction of sp³-hybridized carbons (Fsp3) is 0.689. The van der Waals surface area contributed by atoms with Gasteiger partial charge in [0.25, 0.3) is 0 Å². The Hall–Kier alpha value is -3.67. The number of rotatable bonds is 49. The van der Waals surface area contributed by atoms with Crippen molar-refractivity contribution in [1.82, 2.24) is 0 Å². The van der Waals surface area contributed by atoms with Crippen LogP contribution in [0.15, 0.2) is 97.2 Å². The Kier molecular flexibility index (Phi) is 51.9. The van der Waals surface area contributed by atoms with Crippen molar-refractivity contribution >= 4 is 17.9 Å². The Labute approximate surface area is 413 Å². The van der Waals surface area contributed by atoms with Crippen molar-refractivity contribution in [2.24, 2.45) is 0 Å². The minimum atomic E-state index is -0.812. The standard InChI is InChI=1S/C61H102O6/c1-4-7-10-13-16-19-22-25-28-30-33-36-39-42-45-48-51-54-60(63)66-57-58(56-65-59(62)53-50-47-44-41-38-35-32-27-24-21-18-15-12-9-6-3)67-61(64)55-52-49-46-43-40-37-34-31-29-26-23-20-17-14-11-8-5-2/h7,10,16-17,19-20,25-26,28-29,33-34,36-37,42,45,58H,4-6,8-9,11-15,18,21-24,27,30-32,35,38-41,43-44,46-57H2,1-3H3/b10-7-,19-16-,20-17-,28-25-,29-26-,36-33-,37-34-,45-42-/t58-/m1/s1. The SMILES string of the molecule is CC/C=C\C/C=C\C/C=C\C/C=C\C/C=C\CCCC(=O)OC[C@@H](COC(=O)CCCCCCCCCCCCCCCCC)OC(=O)CCCCCC/C=C\C/C=C\C/C=C\CCCCC. The molecule has 0 bridgehead atoms. The molecular formula is C61H102O6. The molecule has 0 saturated carbocycles. The molecule has 0 unspecified atom stereocenters. The molecule has 67 heavy (non-hydrogen) atoms. The maximum atomic E-state index is 12.8. The van der Waals surface area contributed by atoms with Gasteiger partial charge in [0.05, 0.1) is 0 Å². The lowest BCUT2D eigenvalue weighted by Crippen LogP contribution is -2.30. The van der Waals surface area contributed by atoms with Crippen LogP contribution in [-0.4, -0.2) is 37.2 Å². The van der Waals surface area contributed by atoms with Crippen LogP contribution in [0.4, 0.5) is 0 Å². The van der Waals surface area contributed by atoms with Crippen molar-refractivity contribution in [3.05, 3.63) is 97.2 Å². The molecule has 0 amide bonds. The third-order valence-electron chi connectivity index (χ3n) is 11.6. The molecule has 1 atom stereocenters. The van der Waals surface area contributed by atoms with Crippen LogP contribution >= 0.6 is 0 Å². The number of esters is 3. The first kappa shape index (κ1) is 63.3. The van der Waals surface area contributed by atoms with Crippen molar-refractivity contribution < 1.29 is 28.6 Å². The molecule has 0 aromatic heterocycles. The van der Waals surface area contributed by atoms with Crippen molar-refractivity contribution in [2.45, 2.75) is 258 Å². The summed E-state index contributed by atoms with van der Waals surface area (Å²) in [6.07, 6.45) is 72.5. The van der Waals surface area contributed by atoms with Crippen molar-refractivity contribution in [3.63, 3.8) is 0 Å². The van der Waals surface area contributed by atoms with Gasteiger partial charge in [0, 0.05) is 19.3 Å². The normalized spacial score (nSPS) is 12.8. The molecule has 6 heteroatoms. The van der Waals surface area contributed by atoms with E-state index in [0.717, 1.165) is 103 Å². The van der Waals surface area contributed by atoms with Gasteiger partial charge < -0.3 is 14.2 Å². The molecule has 0 rings (SSSR count). The lowest BCUT2D eigenvalue weighted by Gasteiger charge is -2.18. The van der Waals surface area contributed by atoms with Gasteiger partial charge in [-0.15, -0.1) is 0 Å². The van der Waals surface area contributed by atoms with Gasteiger partial charge in [-0.1, -0.05) is 234 Å². The van der Waals surface area contributed by atoms with Gasteiger partial charge in [0.2, 0.25) is 0 Å². The van der Waals surface area contributed by atoms with Gasteiger partial charge in [-0.05, 0) is 96.3 Å². The summed E-state index contributed by atoms with van der Waals surface area (Å²) in [5.74, 6) is -0.983. The largest absolute Gasteiger partial charge is 0.462 e. The van der Waals surface area contributed by atoms with E-state index in [1.54, 1.807) is 0 Å². The van der Waals surface area contributed by atoms with Gasteiger partial charge in [0.1, 0.15) is 13.2 Å². The summed E-state index contributed by atoms with van der Waals surface area (Å²) in [5, 5.41) is 0. The predicted molar refractivity (Wildman–Crippen MR) is 288 cm³/mol. The van der Waals surface area contributed by atoms with Crippen LogP contribution in [0.3, 0.4) is 0 Å². The number of unbranched alkanes of at least 4 members (excludes halogenated alkanes) is 22. The fourth-order valence-corrected chi connectivity index (χ4v) is 7.43. The average molecular weight is 931 g/mol. The van der Waals surface area contributed by atoms with Crippen LogP contribution < -0.4 is 0 Å². The van der Waals surface area contributed by atoms with Crippen LogP contribution in [-0.2, 0) is 28.6 Å². The molecule has 0 spiro atoms. The average Bonchev–Trinajstić information content (AvgIpc) is 3.33. The summed E-state index contributed by atoms with van der Waals surface area (Å²) in [4.78, 5) is 38.1. The van der Waals surface area contributed by atoms with E-state index >= 15 is 0 Å². The molecule has 0 N–H and O–H groups in total. The Morgan fingerprint density at radius 2 is 0.597 bits per heavy atom. The van der Waals surface area contributed by atoms with Crippen LogP contribution in [0.25, 0.3) is 0 Å². The molecule has 6 nitrogen and oxygen atoms in total. The summed E-state index contributed by atoms with van der Waals surface area (Å²) in [5.41, 5.74) is 0. The van der Waals surface area contributed by atoms with Crippen LogP contribution in [0.2, 0.25) is 0 Å². The monoisotopic (exact) mass is 931 g/mol. The van der Waals surface area contributed by atoms with Crippen molar-refractivity contribution in [3.8, 4) is 0 Å². The summed E-state index contributed by atoms with van der Waals surface area (Å²) >= 11 is 0. The highest BCUT2D eigenvalue weighted by Gasteiger charge is 2.19. The van der Waals surface area contributed by atoms with E-state index in [2.05, 4.69) is 118 Å². The predicted octanol–water partition coefficient (Wildman–Crippen LogP) is 18.5. The number of carbonyl (C=O) groups excluding carboxylic acids is 3. The summed E-state index contributed by atoms with van der Waals surface area (Å²) in [6.45, 7) is 6.44. The van der Waals surface area contributed by atoms with Crippen LogP contribution in [0.5, 0.6) is 0 Å². The maximum Gasteiger partial charge on any atom is 0.306 e. The topological polar surface area (TPSA) is 78.9 Å². The Morgan fingerprint density at radius 3 is 1.00 bits per heavy atom. The zero-order valence-corrected chi connectivity index (χ0v) is 43.6. The summed E-state index contributed by atoms with van der Waals surface area (Å²) in [6, 6.07) is 0. The third kappa shape index (κ3) is 53.2. The minimum absolute atomic E-state index is 0.103. The summed E-state index contributed by atoms with van der Waals surface area (Å²) in [7, 11) is 0. The summed E-state index contributed by atoms with van der Waals surface area (Å²) < 4.78 is 16.8. The number of carbonyl (C=O) groups is 3. The van der Waals surface area contributed by atoms with Crippen LogP contribution in [0, 0.1) is 0 Å². The van der Waals surface area contributed by atoms with Gasteiger partial charge in [-0.3, -0.25) is 14.4 Å². The molecular weight excluding hydrogens is 829 g/mol. The van der Waals surface area contributed by atoms with Crippen molar-refractivity contribution in [1.29, 1.82) is 0 Å². The molecule has 0 fully saturated rings. The first-order chi connectivity index (χ1) is 33.0. The number of hydrogen-bond acceptors (Lipinski definition) is 6. The molecule has 0 saturated heterocycles. The zero-order chi connectivity index (χ0) is 48.6. The highest BCUT2D eigenvalue weighted by atomic mass is 16.6. The zero-order valence-electron chi connectivity index (χ0n) is 43.6. The molecule has 0 aromatic rings. The van der Waals surface area contributed by atoms with E-state index in [4.69, 9.17) is 14.2 Å². The second-order valence-electron chi connectivity index (χ2n) is 18.1. The van der Waals surface area contributed by atoms with Gasteiger partial charge in [0.15, 0.2) is 6.10 Å². The van der Waals surface area contributed by atoms with Gasteiger partial charge in [-0.25, -0.2) is 0 Å². The first-order valence-electron chi connectivity index (χ1n) is 27.7. The molecule has 0 aliphatic heterocycles. The quantitative estimate of drug-likeness (QED) is 0.0262. The molecule has 0 heterocycles. The van der Waals surface area contributed by atoms with E-state index < -0.39 is 6.10 Å². The number of allylic oxidation sites excluding steroid dienone is 16. The van der Waals surface area contributed by atoms with E-state index in [1.807, 2.05) is 0 Å². The molecule has 0 radical (unpaired) electrons. The highest BCUT2D eigenvalue weighted by Crippen LogP contribution is 2.15. The second-order valence-corrected chi connectivity index (χ2v) is 18.1. The minimum Gasteiger partial charge on any atom is -0.462 e. The highest BCUT2D eigenvalue weighted by molar-refractivity contribution is 5.71. The Balaban J connectivity index is 4.52. The molecule has 0 aromatic carbocycles. The third-order valence-corrected chi connectivity index (χ3v) is 11.6. The van der Waals surface area contributed by atoms with Gasteiger partial charge >= 0.3 is 17.9 Å². The molecule has 382 valence electrons. The number of hydrogen-bond donors (Lipinski definition) is 0. The van der Waals surface area contributed by atoms with Gasteiger partial charge in [-0.2, -0.15) is 0 Å². The van der Waals surface area contributed by atoms with Crippen molar-refractivity contribution in [2.75, 3.05) is 13.2 Å². The lowest BCUT2D eigenvalue weighted by atomic mass is 10.0. The maximum absolute atomic E-state index is 12.8. The lowest BCUT2D eigenvalue weighted by molar-refractivity contribution is -0.167. The Morgan fingerprint density at radius 1 is 0.313 bits per heavy atom. The van der Waals surface area contributed by atoms with E-state index in [0.29, 0.717) is 19.3 Å². The van der Waals surface area contributed by atoms with E-state index in [-0.39, 0.29) is 37.5 Å².